The smallest absolute Gasteiger partial charge is 0.146 e. The van der Waals surface area contributed by atoms with E-state index < -0.39 is 0 Å². The van der Waals surface area contributed by atoms with Crippen molar-refractivity contribution in [2.24, 2.45) is 5.73 Å². The first-order valence-corrected chi connectivity index (χ1v) is 12.0. The van der Waals surface area contributed by atoms with Crippen molar-refractivity contribution in [1.82, 2.24) is 19.5 Å². The molecular formula is C28H29N7O2. The number of ether oxygens (including phenoxy) is 2. The standard InChI is InChI=1S/C28H29N7O2/c1-16(2)35-23(13-30)25(22-10-18-6-5-17(12-29)9-21(18)34-22)26-27(32-15-33-28(26)35)31-14-19-7-8-20(36-3)11-24(19)37-4/h5-11,15-16,34H,13-14,30H2,1-4H3,(H,31,32,33). The third kappa shape index (κ3) is 4.21. The highest BCUT2D eigenvalue weighted by atomic mass is 16.5. The van der Waals surface area contributed by atoms with Gasteiger partial charge in [-0.3, -0.25) is 0 Å². The number of nitrogens with one attached hydrogen (secondary N) is 2. The second kappa shape index (κ2) is 9.84. The molecule has 0 fully saturated rings. The summed E-state index contributed by atoms with van der Waals surface area (Å²) < 4.78 is 13.1. The van der Waals surface area contributed by atoms with Crippen LogP contribution in [-0.2, 0) is 13.1 Å². The summed E-state index contributed by atoms with van der Waals surface area (Å²) in [6, 6.07) is 15.8. The van der Waals surface area contributed by atoms with Crippen LogP contribution < -0.4 is 20.5 Å². The van der Waals surface area contributed by atoms with Crippen molar-refractivity contribution in [1.29, 1.82) is 5.26 Å². The van der Waals surface area contributed by atoms with E-state index in [-0.39, 0.29) is 6.04 Å². The first-order valence-electron chi connectivity index (χ1n) is 12.0. The number of anilines is 1. The van der Waals surface area contributed by atoms with Crippen LogP contribution in [0.1, 0.15) is 36.7 Å². The first kappa shape index (κ1) is 24.2. The normalized spacial score (nSPS) is 11.3. The van der Waals surface area contributed by atoms with E-state index in [0.717, 1.165) is 56.0 Å². The molecule has 0 aliphatic carbocycles. The number of fused-ring (bicyclic) bond motifs is 2. The van der Waals surface area contributed by atoms with Gasteiger partial charge in [0.05, 0.1) is 31.2 Å². The van der Waals surface area contributed by atoms with Crippen molar-refractivity contribution in [3.05, 3.63) is 65.6 Å². The third-order valence-electron chi connectivity index (χ3n) is 6.56. The minimum Gasteiger partial charge on any atom is -0.497 e. The summed E-state index contributed by atoms with van der Waals surface area (Å²) >= 11 is 0. The Kier molecular flexibility index (Phi) is 6.42. The molecule has 0 saturated carbocycles. The van der Waals surface area contributed by atoms with Crippen molar-refractivity contribution in [3.8, 4) is 28.8 Å². The topological polar surface area (TPSA) is 127 Å². The summed E-state index contributed by atoms with van der Waals surface area (Å²) in [5.41, 5.74) is 12.4. The van der Waals surface area contributed by atoms with E-state index in [2.05, 4.69) is 50.8 Å². The quantitative estimate of drug-likeness (QED) is 0.273. The van der Waals surface area contributed by atoms with E-state index in [9.17, 15) is 5.26 Å². The molecule has 9 nitrogen and oxygen atoms in total. The number of nitrogens with zero attached hydrogens (tertiary/aromatic N) is 4. The van der Waals surface area contributed by atoms with Gasteiger partial charge in [0.25, 0.3) is 0 Å². The predicted molar refractivity (Wildman–Crippen MR) is 145 cm³/mol. The molecule has 0 aliphatic heterocycles. The second-order valence-corrected chi connectivity index (χ2v) is 9.04. The van der Waals surface area contributed by atoms with Crippen LogP contribution in [-0.4, -0.2) is 33.7 Å². The number of aromatic nitrogens is 4. The van der Waals surface area contributed by atoms with Crippen molar-refractivity contribution < 1.29 is 9.47 Å². The number of H-pyrrole nitrogens is 1. The number of methoxy groups -OCH3 is 2. The van der Waals surface area contributed by atoms with Crippen LogP contribution in [0.15, 0.2) is 48.8 Å². The number of aromatic amines is 1. The molecule has 0 spiro atoms. The molecule has 0 aliphatic rings. The van der Waals surface area contributed by atoms with Crippen molar-refractivity contribution in [2.75, 3.05) is 19.5 Å². The fraction of sp³-hybridized carbons (Fsp3) is 0.250. The van der Waals surface area contributed by atoms with Gasteiger partial charge in [-0.1, -0.05) is 6.07 Å². The third-order valence-corrected chi connectivity index (χ3v) is 6.56. The highest BCUT2D eigenvalue weighted by molar-refractivity contribution is 6.04. The highest BCUT2D eigenvalue weighted by Gasteiger charge is 2.24. The Bertz CT molecular complexity index is 1640. The molecule has 0 saturated heterocycles. The lowest BCUT2D eigenvalue weighted by Crippen LogP contribution is -2.10. The highest BCUT2D eigenvalue weighted by Crippen LogP contribution is 2.40. The second-order valence-electron chi connectivity index (χ2n) is 9.04. The van der Waals surface area contributed by atoms with Crippen molar-refractivity contribution in [3.63, 3.8) is 0 Å². The van der Waals surface area contributed by atoms with Crippen LogP contribution in [0.25, 0.3) is 33.2 Å². The van der Waals surface area contributed by atoms with E-state index in [1.165, 1.54) is 0 Å². The summed E-state index contributed by atoms with van der Waals surface area (Å²) in [6.45, 7) is 5.05. The Morgan fingerprint density at radius 2 is 1.95 bits per heavy atom. The molecule has 0 bridgehead atoms. The van der Waals surface area contributed by atoms with Crippen LogP contribution in [0.2, 0.25) is 0 Å². The molecule has 5 aromatic rings. The van der Waals surface area contributed by atoms with Crippen molar-refractivity contribution in [2.45, 2.75) is 33.0 Å². The lowest BCUT2D eigenvalue weighted by molar-refractivity contribution is 0.391. The molecule has 9 heteroatoms. The molecule has 0 unspecified atom stereocenters. The zero-order valence-electron chi connectivity index (χ0n) is 21.3. The maximum atomic E-state index is 9.34. The van der Waals surface area contributed by atoms with Gasteiger partial charge >= 0.3 is 0 Å². The van der Waals surface area contributed by atoms with Crippen molar-refractivity contribution >= 4 is 27.8 Å². The fourth-order valence-corrected chi connectivity index (χ4v) is 4.87. The monoisotopic (exact) mass is 495 g/mol. The number of benzene rings is 2. The molecule has 188 valence electrons. The molecule has 37 heavy (non-hydrogen) atoms. The SMILES string of the molecule is COc1ccc(CNc2ncnc3c2c(-c2cc4ccc(C#N)cc4[nH]2)c(CN)n3C(C)C)c(OC)c1. The van der Waals surface area contributed by atoms with Gasteiger partial charge in [0.1, 0.15) is 29.3 Å². The fourth-order valence-electron chi connectivity index (χ4n) is 4.87. The molecule has 3 heterocycles. The molecule has 4 N–H and O–H groups in total. The molecule has 2 aromatic carbocycles. The summed E-state index contributed by atoms with van der Waals surface area (Å²) in [7, 11) is 3.27. The van der Waals surface area contributed by atoms with Gasteiger partial charge in [0, 0.05) is 58.6 Å². The zero-order valence-corrected chi connectivity index (χ0v) is 21.3. The average molecular weight is 496 g/mol. The number of hydrogen-bond donors (Lipinski definition) is 3. The molecule has 0 amide bonds. The Morgan fingerprint density at radius 3 is 2.65 bits per heavy atom. The minimum atomic E-state index is 0.133. The van der Waals surface area contributed by atoms with E-state index in [0.29, 0.717) is 24.5 Å². The Labute approximate surface area is 214 Å². The lowest BCUT2D eigenvalue weighted by atomic mass is 10.1. The summed E-state index contributed by atoms with van der Waals surface area (Å²) in [5.74, 6) is 2.15. The van der Waals surface area contributed by atoms with Gasteiger partial charge in [-0.05, 0) is 44.2 Å². The Hall–Kier alpha value is -4.55. The van der Waals surface area contributed by atoms with E-state index in [4.69, 9.17) is 15.2 Å². The molecule has 5 rings (SSSR count). The van der Waals surface area contributed by atoms with Crippen LogP contribution in [0, 0.1) is 11.3 Å². The largest absolute Gasteiger partial charge is 0.497 e. The van der Waals surface area contributed by atoms with Crippen LogP contribution in [0.3, 0.4) is 0 Å². The van der Waals surface area contributed by atoms with E-state index in [1.807, 2.05) is 36.4 Å². The number of nitriles is 1. The van der Waals surface area contributed by atoms with Gasteiger partial charge < -0.3 is 30.1 Å². The number of nitrogens with two attached hydrogens (primary N) is 1. The van der Waals surface area contributed by atoms with E-state index >= 15 is 0 Å². The molecule has 3 aromatic heterocycles. The summed E-state index contributed by atoms with van der Waals surface area (Å²) in [5, 5.41) is 14.7. The summed E-state index contributed by atoms with van der Waals surface area (Å²) in [4.78, 5) is 12.8. The van der Waals surface area contributed by atoms with Gasteiger partial charge in [-0.2, -0.15) is 5.26 Å². The first-order chi connectivity index (χ1) is 18.0. The Morgan fingerprint density at radius 1 is 1.11 bits per heavy atom. The maximum Gasteiger partial charge on any atom is 0.146 e. The van der Waals surface area contributed by atoms with Gasteiger partial charge in [-0.25, -0.2) is 9.97 Å². The Balaban J connectivity index is 1.68. The van der Waals surface area contributed by atoms with E-state index in [1.54, 1.807) is 20.5 Å². The van der Waals surface area contributed by atoms with Gasteiger partial charge in [-0.15, -0.1) is 0 Å². The minimum absolute atomic E-state index is 0.133. The van der Waals surface area contributed by atoms with Gasteiger partial charge in [0.15, 0.2) is 0 Å². The molecule has 0 atom stereocenters. The maximum absolute atomic E-state index is 9.34. The average Bonchev–Trinajstić information content (AvgIpc) is 3.49. The zero-order chi connectivity index (χ0) is 26.1. The predicted octanol–water partition coefficient (Wildman–Crippen LogP) is 5.12. The summed E-state index contributed by atoms with van der Waals surface area (Å²) in [6.07, 6.45) is 1.57. The molecular weight excluding hydrogens is 466 g/mol. The van der Waals surface area contributed by atoms with Gasteiger partial charge in [0.2, 0.25) is 0 Å². The number of rotatable bonds is 8. The van der Waals surface area contributed by atoms with Crippen LogP contribution in [0.5, 0.6) is 11.5 Å². The van der Waals surface area contributed by atoms with Crippen LogP contribution in [0.4, 0.5) is 5.82 Å². The molecule has 0 radical (unpaired) electrons. The lowest BCUT2D eigenvalue weighted by Gasteiger charge is -2.13. The van der Waals surface area contributed by atoms with Crippen LogP contribution >= 0.6 is 0 Å². The number of hydrogen-bond acceptors (Lipinski definition) is 7.